The summed E-state index contributed by atoms with van der Waals surface area (Å²) in [7, 11) is 1.90. The Bertz CT molecular complexity index is 462. The Kier molecular flexibility index (Phi) is 4.39. The zero-order valence-corrected chi connectivity index (χ0v) is 11.5. The molecule has 1 aromatic carbocycles. The molecule has 5 nitrogen and oxygen atoms in total. The van der Waals surface area contributed by atoms with Gasteiger partial charge in [-0.05, 0) is 37.2 Å². The first-order valence-electron chi connectivity index (χ1n) is 6.56. The molecule has 1 aromatic rings. The second-order valence-electron chi connectivity index (χ2n) is 4.97. The number of nitrogens with two attached hydrogens (primary N) is 1. The molecular weight excluding hydrogens is 242 g/mol. The van der Waals surface area contributed by atoms with Crippen molar-refractivity contribution in [1.82, 2.24) is 5.32 Å². The van der Waals surface area contributed by atoms with Gasteiger partial charge in [0.1, 0.15) is 5.75 Å². The van der Waals surface area contributed by atoms with Crippen molar-refractivity contribution in [3.63, 3.8) is 0 Å². The highest BCUT2D eigenvalue weighted by Crippen LogP contribution is 2.33. The van der Waals surface area contributed by atoms with Crippen LogP contribution in [0.4, 0.5) is 5.69 Å². The SMILES string of the molecule is CNCc1ccc2c(c1)N(CC(C)CN)C(=O)CO2. The highest BCUT2D eigenvalue weighted by Gasteiger charge is 2.26. The number of carbonyl (C=O) groups is 1. The summed E-state index contributed by atoms with van der Waals surface area (Å²) in [5.41, 5.74) is 7.63. The monoisotopic (exact) mass is 263 g/mol. The van der Waals surface area contributed by atoms with Crippen LogP contribution < -0.4 is 20.7 Å². The summed E-state index contributed by atoms with van der Waals surface area (Å²) in [6.07, 6.45) is 0. The van der Waals surface area contributed by atoms with Gasteiger partial charge >= 0.3 is 0 Å². The molecule has 0 radical (unpaired) electrons. The Morgan fingerprint density at radius 2 is 2.32 bits per heavy atom. The summed E-state index contributed by atoms with van der Waals surface area (Å²) in [6.45, 7) is 4.11. The molecule has 0 spiro atoms. The fraction of sp³-hybridized carbons (Fsp3) is 0.500. The summed E-state index contributed by atoms with van der Waals surface area (Å²) in [5, 5.41) is 3.10. The van der Waals surface area contributed by atoms with E-state index in [-0.39, 0.29) is 18.4 Å². The van der Waals surface area contributed by atoms with Crippen LogP contribution in [-0.2, 0) is 11.3 Å². The Balaban J connectivity index is 2.30. The molecule has 1 unspecified atom stereocenters. The minimum atomic E-state index is -0.00518. The number of hydrogen-bond donors (Lipinski definition) is 2. The zero-order valence-electron chi connectivity index (χ0n) is 11.5. The summed E-state index contributed by atoms with van der Waals surface area (Å²) in [4.78, 5) is 13.8. The molecule has 1 atom stereocenters. The maximum Gasteiger partial charge on any atom is 0.265 e. The Morgan fingerprint density at radius 1 is 1.53 bits per heavy atom. The van der Waals surface area contributed by atoms with Crippen LogP contribution in [0.1, 0.15) is 12.5 Å². The van der Waals surface area contributed by atoms with Crippen LogP contribution in [0.2, 0.25) is 0 Å². The second-order valence-corrected chi connectivity index (χ2v) is 4.97. The number of rotatable bonds is 5. The minimum absolute atomic E-state index is 0.00518. The first kappa shape index (κ1) is 13.8. The Hall–Kier alpha value is -1.59. The molecule has 1 amide bonds. The lowest BCUT2D eigenvalue weighted by Gasteiger charge is -2.31. The molecule has 3 N–H and O–H groups in total. The van der Waals surface area contributed by atoms with Gasteiger partial charge < -0.3 is 20.7 Å². The van der Waals surface area contributed by atoms with Crippen LogP contribution in [0, 0.1) is 5.92 Å². The normalized spacial score (nSPS) is 15.9. The number of amides is 1. The molecule has 1 heterocycles. The van der Waals surface area contributed by atoms with E-state index in [1.54, 1.807) is 4.90 Å². The lowest BCUT2D eigenvalue weighted by atomic mass is 10.1. The first-order valence-corrected chi connectivity index (χ1v) is 6.56. The number of ether oxygens (including phenoxy) is 1. The number of fused-ring (bicyclic) bond motifs is 1. The smallest absolute Gasteiger partial charge is 0.265 e. The molecule has 0 bridgehead atoms. The summed E-state index contributed by atoms with van der Waals surface area (Å²) < 4.78 is 5.47. The summed E-state index contributed by atoms with van der Waals surface area (Å²) >= 11 is 0. The van der Waals surface area contributed by atoms with Crippen LogP contribution in [-0.4, -0.2) is 32.7 Å². The summed E-state index contributed by atoms with van der Waals surface area (Å²) in [5.74, 6) is 1.03. The molecule has 0 aromatic heterocycles. The maximum atomic E-state index is 12.0. The topological polar surface area (TPSA) is 67.6 Å². The van der Waals surface area contributed by atoms with E-state index in [9.17, 15) is 4.79 Å². The molecule has 2 rings (SSSR count). The van der Waals surface area contributed by atoms with Gasteiger partial charge in [0.05, 0.1) is 5.69 Å². The van der Waals surface area contributed by atoms with Gasteiger partial charge in [0.25, 0.3) is 5.91 Å². The van der Waals surface area contributed by atoms with Gasteiger partial charge in [-0.2, -0.15) is 0 Å². The molecule has 0 saturated carbocycles. The third-order valence-corrected chi connectivity index (χ3v) is 3.24. The minimum Gasteiger partial charge on any atom is -0.482 e. The van der Waals surface area contributed by atoms with E-state index in [4.69, 9.17) is 10.5 Å². The van der Waals surface area contributed by atoms with Gasteiger partial charge in [-0.1, -0.05) is 13.0 Å². The zero-order chi connectivity index (χ0) is 13.8. The van der Waals surface area contributed by atoms with E-state index in [0.717, 1.165) is 23.5 Å². The standard InChI is InChI=1S/C14H21N3O2/c1-10(6-15)8-17-12-5-11(7-16-2)3-4-13(12)19-9-14(17)18/h3-5,10,16H,6-9,15H2,1-2H3. The van der Waals surface area contributed by atoms with Crippen LogP contribution in [0.5, 0.6) is 5.75 Å². The van der Waals surface area contributed by atoms with E-state index in [1.807, 2.05) is 32.2 Å². The van der Waals surface area contributed by atoms with Crippen molar-refractivity contribution < 1.29 is 9.53 Å². The number of benzene rings is 1. The van der Waals surface area contributed by atoms with E-state index in [0.29, 0.717) is 13.1 Å². The maximum absolute atomic E-state index is 12.0. The molecule has 19 heavy (non-hydrogen) atoms. The van der Waals surface area contributed by atoms with Crippen molar-refractivity contribution in [3.8, 4) is 5.75 Å². The van der Waals surface area contributed by atoms with Crippen molar-refractivity contribution in [3.05, 3.63) is 23.8 Å². The lowest BCUT2D eigenvalue weighted by Crippen LogP contribution is -2.42. The van der Waals surface area contributed by atoms with Crippen molar-refractivity contribution in [2.45, 2.75) is 13.5 Å². The van der Waals surface area contributed by atoms with E-state index < -0.39 is 0 Å². The predicted octanol–water partition coefficient (Wildman–Crippen LogP) is 0.726. The van der Waals surface area contributed by atoms with Crippen molar-refractivity contribution in [1.29, 1.82) is 0 Å². The van der Waals surface area contributed by atoms with Gasteiger partial charge in [0.2, 0.25) is 0 Å². The Morgan fingerprint density at radius 3 is 3.00 bits per heavy atom. The van der Waals surface area contributed by atoms with Crippen LogP contribution in [0.3, 0.4) is 0 Å². The first-order chi connectivity index (χ1) is 9.15. The van der Waals surface area contributed by atoms with Crippen molar-refractivity contribution in [2.75, 3.05) is 31.6 Å². The lowest BCUT2D eigenvalue weighted by molar-refractivity contribution is -0.121. The van der Waals surface area contributed by atoms with Gasteiger partial charge in [0.15, 0.2) is 6.61 Å². The predicted molar refractivity (Wildman–Crippen MR) is 75.3 cm³/mol. The van der Waals surface area contributed by atoms with E-state index in [2.05, 4.69) is 5.32 Å². The van der Waals surface area contributed by atoms with Gasteiger partial charge in [-0.25, -0.2) is 0 Å². The van der Waals surface area contributed by atoms with E-state index >= 15 is 0 Å². The number of carbonyl (C=O) groups excluding carboxylic acids is 1. The highest BCUT2D eigenvalue weighted by atomic mass is 16.5. The molecule has 0 fully saturated rings. The van der Waals surface area contributed by atoms with Crippen LogP contribution in [0.15, 0.2) is 18.2 Å². The average Bonchev–Trinajstić information content (AvgIpc) is 2.42. The van der Waals surface area contributed by atoms with Crippen LogP contribution in [0.25, 0.3) is 0 Å². The van der Waals surface area contributed by atoms with Gasteiger partial charge in [-0.3, -0.25) is 4.79 Å². The molecule has 1 aliphatic heterocycles. The van der Waals surface area contributed by atoms with Gasteiger partial charge in [0, 0.05) is 13.1 Å². The number of nitrogens with zero attached hydrogens (tertiary/aromatic N) is 1. The molecule has 0 aliphatic carbocycles. The highest BCUT2D eigenvalue weighted by molar-refractivity contribution is 5.97. The number of hydrogen-bond acceptors (Lipinski definition) is 4. The van der Waals surface area contributed by atoms with Crippen molar-refractivity contribution in [2.24, 2.45) is 11.7 Å². The fourth-order valence-electron chi connectivity index (χ4n) is 2.15. The fourth-order valence-corrected chi connectivity index (χ4v) is 2.15. The third-order valence-electron chi connectivity index (χ3n) is 3.24. The molecular formula is C14H21N3O2. The number of nitrogens with one attached hydrogen (secondary N) is 1. The van der Waals surface area contributed by atoms with Gasteiger partial charge in [-0.15, -0.1) is 0 Å². The second kappa shape index (κ2) is 6.04. The average molecular weight is 263 g/mol. The third kappa shape index (κ3) is 3.05. The van der Waals surface area contributed by atoms with Crippen molar-refractivity contribution >= 4 is 11.6 Å². The molecule has 1 aliphatic rings. The van der Waals surface area contributed by atoms with E-state index in [1.165, 1.54) is 0 Å². The number of anilines is 1. The quantitative estimate of drug-likeness (QED) is 0.821. The molecule has 5 heteroatoms. The molecule has 0 saturated heterocycles. The van der Waals surface area contributed by atoms with Crippen LogP contribution >= 0.6 is 0 Å². The largest absolute Gasteiger partial charge is 0.482 e. The summed E-state index contributed by atoms with van der Waals surface area (Å²) in [6, 6.07) is 5.94. The Labute approximate surface area is 113 Å². The molecule has 104 valence electrons.